The van der Waals surface area contributed by atoms with E-state index >= 15 is 0 Å². The summed E-state index contributed by atoms with van der Waals surface area (Å²) in [5.74, 6) is 0.619. The Morgan fingerprint density at radius 2 is 2.00 bits per heavy atom. The van der Waals surface area contributed by atoms with Gasteiger partial charge in [-0.05, 0) is 24.5 Å². The molecule has 1 amide bonds. The number of aromatic nitrogens is 2. The third kappa shape index (κ3) is 6.29. The van der Waals surface area contributed by atoms with Gasteiger partial charge in [-0.2, -0.15) is 0 Å². The average molecular weight is 419 g/mol. The number of para-hydroxylation sites is 1. The predicted molar refractivity (Wildman–Crippen MR) is 116 cm³/mol. The molecule has 0 aliphatic carbocycles. The zero-order valence-electron chi connectivity index (χ0n) is 17.2. The second kappa shape index (κ2) is 10.8. The maximum absolute atomic E-state index is 13.1. The van der Waals surface area contributed by atoms with Crippen LogP contribution in [0.1, 0.15) is 20.3 Å². The van der Waals surface area contributed by atoms with Crippen molar-refractivity contribution in [1.82, 2.24) is 19.8 Å². The smallest absolute Gasteiger partial charge is 0.262 e. The third-order valence-electron chi connectivity index (χ3n) is 4.83. The van der Waals surface area contributed by atoms with E-state index in [-0.39, 0.29) is 17.2 Å². The number of rotatable bonds is 9. The Morgan fingerprint density at radius 1 is 1.24 bits per heavy atom. The molecule has 3 rings (SSSR count). The van der Waals surface area contributed by atoms with Crippen LogP contribution in [0.15, 0.2) is 34.2 Å². The molecule has 2 aromatic rings. The van der Waals surface area contributed by atoms with E-state index in [1.165, 1.54) is 11.8 Å². The summed E-state index contributed by atoms with van der Waals surface area (Å²) in [4.78, 5) is 32.2. The highest BCUT2D eigenvalue weighted by atomic mass is 32.2. The summed E-state index contributed by atoms with van der Waals surface area (Å²) in [6.07, 6.45) is 0.854. The minimum atomic E-state index is -0.0392. The van der Waals surface area contributed by atoms with Gasteiger partial charge < -0.3 is 10.1 Å². The van der Waals surface area contributed by atoms with Crippen molar-refractivity contribution in [2.75, 3.05) is 45.1 Å². The Labute approximate surface area is 175 Å². The van der Waals surface area contributed by atoms with Crippen LogP contribution in [0.3, 0.4) is 0 Å². The molecule has 0 bridgehead atoms. The van der Waals surface area contributed by atoms with Gasteiger partial charge in [0.1, 0.15) is 0 Å². The van der Waals surface area contributed by atoms with Crippen LogP contribution >= 0.6 is 11.8 Å². The summed E-state index contributed by atoms with van der Waals surface area (Å²) < 4.78 is 7.12. The number of benzene rings is 1. The fourth-order valence-corrected chi connectivity index (χ4v) is 4.09. The topological polar surface area (TPSA) is 76.5 Å². The number of carbonyl (C=O) groups is 1. The van der Waals surface area contributed by atoms with Gasteiger partial charge in [-0.3, -0.25) is 19.1 Å². The van der Waals surface area contributed by atoms with Crippen molar-refractivity contribution in [3.05, 3.63) is 34.6 Å². The molecule has 1 aliphatic heterocycles. The molecule has 0 radical (unpaired) electrons. The van der Waals surface area contributed by atoms with Crippen LogP contribution in [-0.4, -0.2) is 65.5 Å². The second-order valence-electron chi connectivity index (χ2n) is 7.66. The van der Waals surface area contributed by atoms with Crippen LogP contribution in [0.25, 0.3) is 10.9 Å². The van der Waals surface area contributed by atoms with Crippen LogP contribution < -0.4 is 10.9 Å². The molecule has 1 aliphatic rings. The fraction of sp³-hybridized carbons (Fsp3) is 0.571. The molecule has 1 aromatic heterocycles. The van der Waals surface area contributed by atoms with Crippen LogP contribution in [0.2, 0.25) is 0 Å². The Balaban J connectivity index is 1.72. The lowest BCUT2D eigenvalue weighted by atomic mass is 10.2. The summed E-state index contributed by atoms with van der Waals surface area (Å²) in [6.45, 7) is 9.68. The van der Waals surface area contributed by atoms with Crippen molar-refractivity contribution in [3.8, 4) is 0 Å². The zero-order valence-corrected chi connectivity index (χ0v) is 18.0. The van der Waals surface area contributed by atoms with E-state index in [0.29, 0.717) is 35.1 Å². The molecule has 0 spiro atoms. The molecule has 0 saturated carbocycles. The number of hydrogen-bond donors (Lipinski definition) is 1. The van der Waals surface area contributed by atoms with E-state index in [1.54, 1.807) is 4.57 Å². The number of nitrogens with zero attached hydrogens (tertiary/aromatic N) is 3. The number of morpholine rings is 1. The number of thioether (sulfide) groups is 1. The van der Waals surface area contributed by atoms with Gasteiger partial charge in [-0.15, -0.1) is 0 Å². The number of fused-ring (bicyclic) bond motifs is 1. The van der Waals surface area contributed by atoms with E-state index in [1.807, 2.05) is 24.3 Å². The number of nitrogens with one attached hydrogen (secondary N) is 1. The van der Waals surface area contributed by atoms with Gasteiger partial charge in [0, 0.05) is 32.7 Å². The number of ether oxygens (including phenoxy) is 1. The Morgan fingerprint density at radius 3 is 2.76 bits per heavy atom. The van der Waals surface area contributed by atoms with Crippen molar-refractivity contribution >= 4 is 28.6 Å². The lowest BCUT2D eigenvalue weighted by Crippen LogP contribution is -2.37. The molecule has 1 aromatic carbocycles. The van der Waals surface area contributed by atoms with Gasteiger partial charge in [0.05, 0.1) is 29.9 Å². The van der Waals surface area contributed by atoms with Gasteiger partial charge in [0.25, 0.3) is 5.56 Å². The molecule has 0 atom stereocenters. The maximum atomic E-state index is 13.1. The average Bonchev–Trinajstić information content (AvgIpc) is 2.73. The fourth-order valence-electron chi connectivity index (χ4n) is 3.23. The molecular formula is C21H30N4O3S. The number of amides is 1. The SMILES string of the molecule is CC(C)CNC(=O)CSc1nc2ccccc2c(=O)n1CCCN1CCOCC1. The molecule has 158 valence electrons. The zero-order chi connectivity index (χ0) is 20.6. The van der Waals surface area contributed by atoms with Crippen molar-refractivity contribution in [3.63, 3.8) is 0 Å². The number of hydrogen-bond acceptors (Lipinski definition) is 6. The largest absolute Gasteiger partial charge is 0.379 e. The van der Waals surface area contributed by atoms with E-state index in [9.17, 15) is 9.59 Å². The quantitative estimate of drug-likeness (QED) is 0.496. The van der Waals surface area contributed by atoms with Gasteiger partial charge in [-0.1, -0.05) is 37.7 Å². The summed E-state index contributed by atoms with van der Waals surface area (Å²) in [5, 5.41) is 4.14. The first kappa shape index (κ1) is 21.8. The molecule has 0 unspecified atom stereocenters. The van der Waals surface area contributed by atoms with Crippen LogP contribution in [0.4, 0.5) is 0 Å². The number of carbonyl (C=O) groups excluding carboxylic acids is 1. The van der Waals surface area contributed by atoms with E-state index in [2.05, 4.69) is 29.0 Å². The molecular weight excluding hydrogens is 388 g/mol. The Bertz CT molecular complexity index is 878. The molecule has 29 heavy (non-hydrogen) atoms. The molecule has 1 fully saturated rings. The van der Waals surface area contributed by atoms with Crippen molar-refractivity contribution in [2.45, 2.75) is 32.0 Å². The highest BCUT2D eigenvalue weighted by Gasteiger charge is 2.15. The van der Waals surface area contributed by atoms with E-state index in [0.717, 1.165) is 39.3 Å². The van der Waals surface area contributed by atoms with Crippen molar-refractivity contribution in [2.24, 2.45) is 5.92 Å². The molecule has 1 saturated heterocycles. The van der Waals surface area contributed by atoms with Crippen LogP contribution in [0.5, 0.6) is 0 Å². The summed E-state index contributed by atoms with van der Waals surface area (Å²) in [7, 11) is 0. The monoisotopic (exact) mass is 418 g/mol. The molecule has 2 heterocycles. The molecule has 1 N–H and O–H groups in total. The first-order chi connectivity index (χ1) is 14.0. The van der Waals surface area contributed by atoms with E-state index < -0.39 is 0 Å². The minimum absolute atomic E-state index is 0.0361. The Kier molecular flexibility index (Phi) is 8.09. The molecule has 8 heteroatoms. The predicted octanol–water partition coefficient (Wildman–Crippen LogP) is 1.98. The van der Waals surface area contributed by atoms with Gasteiger partial charge in [0.2, 0.25) is 5.91 Å². The summed E-state index contributed by atoms with van der Waals surface area (Å²) in [5.41, 5.74) is 0.634. The highest BCUT2D eigenvalue weighted by molar-refractivity contribution is 7.99. The lowest BCUT2D eigenvalue weighted by Gasteiger charge is -2.26. The van der Waals surface area contributed by atoms with Gasteiger partial charge in [0.15, 0.2) is 5.16 Å². The second-order valence-corrected chi connectivity index (χ2v) is 8.60. The summed E-state index contributed by atoms with van der Waals surface area (Å²) >= 11 is 1.33. The van der Waals surface area contributed by atoms with Crippen molar-refractivity contribution < 1.29 is 9.53 Å². The normalized spacial score (nSPS) is 15.1. The van der Waals surface area contributed by atoms with Gasteiger partial charge >= 0.3 is 0 Å². The van der Waals surface area contributed by atoms with Crippen LogP contribution in [0, 0.1) is 5.92 Å². The van der Waals surface area contributed by atoms with Gasteiger partial charge in [-0.25, -0.2) is 4.98 Å². The van der Waals surface area contributed by atoms with Crippen LogP contribution in [-0.2, 0) is 16.1 Å². The standard InChI is InChI=1S/C21H30N4O3S/c1-16(2)14-22-19(26)15-29-21-23-18-7-4-3-6-17(18)20(27)25(21)9-5-8-24-10-12-28-13-11-24/h3-4,6-7,16H,5,8-15H2,1-2H3,(H,22,26). The summed E-state index contributed by atoms with van der Waals surface area (Å²) in [6, 6.07) is 7.39. The first-order valence-electron chi connectivity index (χ1n) is 10.2. The Hall–Kier alpha value is -1.90. The van der Waals surface area contributed by atoms with E-state index in [4.69, 9.17) is 4.74 Å². The lowest BCUT2D eigenvalue weighted by molar-refractivity contribution is -0.118. The maximum Gasteiger partial charge on any atom is 0.262 e. The first-order valence-corrected chi connectivity index (χ1v) is 11.2. The molecule has 7 nitrogen and oxygen atoms in total. The third-order valence-corrected chi connectivity index (χ3v) is 5.80. The highest BCUT2D eigenvalue weighted by Crippen LogP contribution is 2.18. The minimum Gasteiger partial charge on any atom is -0.379 e. The van der Waals surface area contributed by atoms with Crippen molar-refractivity contribution in [1.29, 1.82) is 0 Å².